The van der Waals surface area contributed by atoms with Crippen molar-refractivity contribution in [2.45, 2.75) is 83.2 Å². The monoisotopic (exact) mass is 609 g/mol. The van der Waals surface area contributed by atoms with E-state index in [9.17, 15) is 18.0 Å². The third-order valence-electron chi connectivity index (χ3n) is 9.97. The van der Waals surface area contributed by atoms with E-state index < -0.39 is 28.5 Å². The first-order chi connectivity index (χ1) is 20.5. The van der Waals surface area contributed by atoms with Gasteiger partial charge in [0.05, 0.1) is 19.1 Å². The highest BCUT2D eigenvalue weighted by atomic mass is 32.2. The summed E-state index contributed by atoms with van der Waals surface area (Å²) in [5.41, 5.74) is 2.75. The summed E-state index contributed by atoms with van der Waals surface area (Å²) in [6, 6.07) is 14.4. The van der Waals surface area contributed by atoms with Gasteiger partial charge in [0.15, 0.2) is 0 Å². The molecule has 4 bridgehead atoms. The van der Waals surface area contributed by atoms with Crippen molar-refractivity contribution in [2.24, 2.45) is 17.8 Å². The van der Waals surface area contributed by atoms with Crippen molar-refractivity contribution in [3.63, 3.8) is 0 Å². The van der Waals surface area contributed by atoms with Crippen LogP contribution in [0.2, 0.25) is 0 Å². The summed E-state index contributed by atoms with van der Waals surface area (Å²) in [5, 5.41) is 2.91. The van der Waals surface area contributed by atoms with Crippen LogP contribution in [0.4, 0.5) is 5.69 Å². The van der Waals surface area contributed by atoms with Crippen LogP contribution in [0.5, 0.6) is 5.75 Å². The lowest BCUT2D eigenvalue weighted by Crippen LogP contribution is -2.51. The Kier molecular flexibility index (Phi) is 9.40. The van der Waals surface area contributed by atoms with Crippen LogP contribution in [0.1, 0.15) is 76.3 Å². The Morgan fingerprint density at radius 3 is 2.21 bits per heavy atom. The quantitative estimate of drug-likeness (QED) is 0.313. The van der Waals surface area contributed by atoms with Crippen molar-refractivity contribution in [3.05, 3.63) is 59.7 Å². The Morgan fingerprint density at radius 1 is 1.02 bits per heavy atom. The van der Waals surface area contributed by atoms with E-state index >= 15 is 0 Å². The molecule has 0 aliphatic heterocycles. The van der Waals surface area contributed by atoms with Gasteiger partial charge in [0.2, 0.25) is 21.8 Å². The molecule has 234 valence electrons. The van der Waals surface area contributed by atoms with E-state index in [1.54, 1.807) is 14.0 Å². The molecule has 2 aromatic rings. The van der Waals surface area contributed by atoms with E-state index in [1.165, 1.54) is 53.3 Å². The van der Waals surface area contributed by atoms with Crippen LogP contribution >= 0.6 is 0 Å². The van der Waals surface area contributed by atoms with Gasteiger partial charge >= 0.3 is 0 Å². The van der Waals surface area contributed by atoms with E-state index in [-0.39, 0.29) is 17.9 Å². The van der Waals surface area contributed by atoms with Crippen molar-refractivity contribution < 1.29 is 22.7 Å². The maximum atomic E-state index is 13.9. The molecule has 0 aromatic heterocycles. The number of sulfonamides is 1. The molecule has 43 heavy (non-hydrogen) atoms. The minimum atomic E-state index is -3.79. The molecule has 9 heteroatoms. The van der Waals surface area contributed by atoms with Crippen LogP contribution in [-0.2, 0) is 31.6 Å². The molecule has 1 atom stereocenters. The van der Waals surface area contributed by atoms with Crippen LogP contribution in [0.15, 0.2) is 48.5 Å². The second kappa shape index (κ2) is 12.9. The molecule has 0 saturated heterocycles. The number of carbonyl (C=O) groups excluding carboxylic acids is 2. The van der Waals surface area contributed by atoms with Gasteiger partial charge < -0.3 is 15.0 Å². The molecule has 4 saturated carbocycles. The number of nitrogens with zero attached hydrogens (tertiary/aromatic N) is 2. The van der Waals surface area contributed by atoms with Gasteiger partial charge in [0, 0.05) is 13.1 Å². The summed E-state index contributed by atoms with van der Waals surface area (Å²) in [6.45, 7) is 3.99. The van der Waals surface area contributed by atoms with Gasteiger partial charge in [-0.3, -0.25) is 13.9 Å². The van der Waals surface area contributed by atoms with Crippen LogP contribution in [0.3, 0.4) is 0 Å². The first-order valence-corrected chi connectivity index (χ1v) is 17.6. The number of hydrogen-bond acceptors (Lipinski definition) is 5. The highest BCUT2D eigenvalue weighted by Gasteiger charge is 2.51. The van der Waals surface area contributed by atoms with Crippen LogP contribution in [0.25, 0.3) is 0 Å². The summed E-state index contributed by atoms with van der Waals surface area (Å²) in [6.07, 6.45) is 10.7. The average molecular weight is 610 g/mol. The Hall–Kier alpha value is -3.07. The molecule has 2 aromatic carbocycles. The molecule has 0 heterocycles. The fourth-order valence-electron chi connectivity index (χ4n) is 8.15. The molecule has 0 spiro atoms. The standard InChI is InChI=1S/C34H47N3O5S/c1-5-6-14-35-33(39)24(2)36(22-25-8-7-9-31(18-25)42-3)32(38)23-37(43(4,40)41)30-12-10-29(11-13-30)34-19-26-15-27(20-34)17-28(16-26)21-34/h7-13,18,24,26-28H,5-6,14-17,19-23H2,1-4H3,(H,35,39). The number of carbonyl (C=O) groups is 2. The lowest BCUT2D eigenvalue weighted by Gasteiger charge is -2.57. The molecule has 2 amide bonds. The van der Waals surface area contributed by atoms with Crippen molar-refractivity contribution in [1.82, 2.24) is 10.2 Å². The van der Waals surface area contributed by atoms with Gasteiger partial charge in [-0.2, -0.15) is 0 Å². The minimum absolute atomic E-state index is 0.140. The summed E-state index contributed by atoms with van der Waals surface area (Å²) >= 11 is 0. The molecule has 4 aliphatic rings. The summed E-state index contributed by atoms with van der Waals surface area (Å²) in [4.78, 5) is 28.4. The van der Waals surface area contributed by atoms with E-state index in [4.69, 9.17) is 4.74 Å². The number of rotatable bonds is 13. The lowest BCUT2D eigenvalue weighted by molar-refractivity contribution is -0.139. The second-order valence-electron chi connectivity index (χ2n) is 13.2. The molecule has 8 nitrogen and oxygen atoms in total. The minimum Gasteiger partial charge on any atom is -0.497 e. The number of hydrogen-bond donors (Lipinski definition) is 1. The first kappa shape index (κ1) is 31.4. The summed E-state index contributed by atoms with van der Waals surface area (Å²) in [5.74, 6) is 2.36. The van der Waals surface area contributed by atoms with Crippen LogP contribution in [-0.4, -0.2) is 57.6 Å². The first-order valence-electron chi connectivity index (χ1n) is 15.8. The zero-order valence-corrected chi connectivity index (χ0v) is 26.9. The Bertz CT molecular complexity index is 1370. The third-order valence-corrected chi connectivity index (χ3v) is 11.1. The van der Waals surface area contributed by atoms with Gasteiger partial charge in [-0.05, 0) is 110 Å². The number of benzene rings is 2. The largest absolute Gasteiger partial charge is 0.497 e. The number of ether oxygens (including phenoxy) is 1. The van der Waals surface area contributed by atoms with Gasteiger partial charge in [0.25, 0.3) is 0 Å². The molecule has 0 radical (unpaired) electrons. The van der Waals surface area contributed by atoms with Crippen molar-refractivity contribution in [1.29, 1.82) is 0 Å². The number of anilines is 1. The summed E-state index contributed by atoms with van der Waals surface area (Å²) < 4.78 is 32.7. The van der Waals surface area contributed by atoms with E-state index in [2.05, 4.69) is 17.4 Å². The van der Waals surface area contributed by atoms with Crippen molar-refractivity contribution >= 4 is 27.5 Å². The molecule has 1 unspecified atom stereocenters. The van der Waals surface area contributed by atoms with Gasteiger partial charge in [-0.25, -0.2) is 8.42 Å². The maximum absolute atomic E-state index is 13.9. The zero-order chi connectivity index (χ0) is 30.8. The average Bonchev–Trinajstić information content (AvgIpc) is 2.97. The van der Waals surface area contributed by atoms with E-state index in [0.29, 0.717) is 18.0 Å². The third kappa shape index (κ3) is 7.03. The number of unbranched alkanes of at least 4 members (excludes halogenated alkanes) is 1. The molecule has 1 N–H and O–H groups in total. The number of nitrogens with one attached hydrogen (secondary N) is 1. The topological polar surface area (TPSA) is 96.0 Å². The second-order valence-corrected chi connectivity index (χ2v) is 15.1. The predicted molar refractivity (Wildman–Crippen MR) is 169 cm³/mol. The van der Waals surface area contributed by atoms with Crippen LogP contribution < -0.4 is 14.4 Å². The lowest BCUT2D eigenvalue weighted by atomic mass is 9.48. The van der Waals surface area contributed by atoms with Crippen molar-refractivity contribution in [2.75, 3.05) is 30.8 Å². The molecular weight excluding hydrogens is 562 g/mol. The molecular formula is C34H47N3O5S. The molecule has 6 rings (SSSR count). The zero-order valence-electron chi connectivity index (χ0n) is 26.1. The van der Waals surface area contributed by atoms with Crippen molar-refractivity contribution in [3.8, 4) is 5.75 Å². The van der Waals surface area contributed by atoms with Crippen LogP contribution in [0, 0.1) is 17.8 Å². The summed E-state index contributed by atoms with van der Waals surface area (Å²) in [7, 11) is -2.21. The highest BCUT2D eigenvalue weighted by Crippen LogP contribution is 2.60. The number of amides is 2. The molecule has 4 fully saturated rings. The highest BCUT2D eigenvalue weighted by molar-refractivity contribution is 7.92. The van der Waals surface area contributed by atoms with Gasteiger partial charge in [0.1, 0.15) is 18.3 Å². The Balaban J connectivity index is 1.37. The smallest absolute Gasteiger partial charge is 0.244 e. The fraction of sp³-hybridized carbons (Fsp3) is 0.588. The normalized spacial score (nSPS) is 24.8. The predicted octanol–water partition coefficient (Wildman–Crippen LogP) is 5.26. The van der Waals surface area contributed by atoms with E-state index in [0.717, 1.165) is 42.4 Å². The van der Waals surface area contributed by atoms with Gasteiger partial charge in [-0.15, -0.1) is 0 Å². The maximum Gasteiger partial charge on any atom is 0.244 e. The Labute approximate surface area is 257 Å². The number of methoxy groups -OCH3 is 1. The van der Waals surface area contributed by atoms with E-state index in [1.807, 2.05) is 43.3 Å². The Morgan fingerprint density at radius 2 is 1.65 bits per heavy atom. The SMILES string of the molecule is CCCCNC(=O)C(C)N(Cc1cccc(OC)c1)C(=O)CN(c1ccc(C23CC4CC(CC(C4)C2)C3)cc1)S(C)(=O)=O. The molecule has 4 aliphatic carbocycles. The fourth-order valence-corrected chi connectivity index (χ4v) is 8.99. The van der Waals surface area contributed by atoms with Gasteiger partial charge in [-0.1, -0.05) is 37.6 Å².